The van der Waals surface area contributed by atoms with Gasteiger partial charge >= 0.3 is 0 Å². The second-order valence-electron chi connectivity index (χ2n) is 7.51. The lowest BCUT2D eigenvalue weighted by atomic mass is 9.97. The summed E-state index contributed by atoms with van der Waals surface area (Å²) in [4.78, 5) is 8.38. The third-order valence-corrected chi connectivity index (χ3v) is 5.74. The summed E-state index contributed by atoms with van der Waals surface area (Å²) < 4.78 is 6.12. The summed E-state index contributed by atoms with van der Waals surface area (Å²) in [5.41, 5.74) is 9.48. The van der Waals surface area contributed by atoms with Gasteiger partial charge < -0.3 is 25.5 Å². The van der Waals surface area contributed by atoms with Gasteiger partial charge in [-0.25, -0.2) is 0 Å². The van der Waals surface area contributed by atoms with Crippen LogP contribution in [-0.4, -0.2) is 47.3 Å². The average molecular weight is 454 g/mol. The molecule has 7 nitrogen and oxygen atoms in total. The summed E-state index contributed by atoms with van der Waals surface area (Å²) in [7, 11) is 0. The molecule has 2 aliphatic heterocycles. The Kier molecular flexibility index (Phi) is 8.87. The van der Waals surface area contributed by atoms with Crippen LogP contribution in [-0.2, 0) is 13.0 Å². The molecule has 164 valence electrons. The Morgan fingerprint density at radius 1 is 1.10 bits per heavy atom. The average Bonchev–Trinajstić information content (AvgIpc) is 2.77. The van der Waals surface area contributed by atoms with Gasteiger partial charge in [-0.1, -0.05) is 11.2 Å². The molecule has 0 radical (unpaired) electrons. The molecule has 0 atom stereocenters. The van der Waals surface area contributed by atoms with Crippen molar-refractivity contribution in [1.29, 1.82) is 0 Å². The fraction of sp³-hybridized carbons (Fsp3) is 0.429. The van der Waals surface area contributed by atoms with Gasteiger partial charge in [-0.3, -0.25) is 4.98 Å². The first kappa shape index (κ1) is 23.9. The van der Waals surface area contributed by atoms with E-state index in [2.05, 4.69) is 45.4 Å². The third kappa shape index (κ3) is 5.61. The van der Waals surface area contributed by atoms with Gasteiger partial charge in [0.25, 0.3) is 0 Å². The number of fused-ring (bicyclic) bond motifs is 1. The van der Waals surface area contributed by atoms with Crippen LogP contribution in [0.5, 0.6) is 5.75 Å². The molecule has 30 heavy (non-hydrogen) atoms. The topological polar surface area (TPSA) is 87.2 Å². The maximum Gasteiger partial charge on any atom is 0.233 e. The van der Waals surface area contributed by atoms with Crippen molar-refractivity contribution in [3.63, 3.8) is 0 Å². The quantitative estimate of drug-likeness (QED) is 0.319. The molecule has 1 aromatic heterocycles. The minimum Gasteiger partial charge on any atom is -0.493 e. The maximum absolute atomic E-state index is 8.90. The van der Waals surface area contributed by atoms with E-state index in [1.165, 1.54) is 16.8 Å². The van der Waals surface area contributed by atoms with E-state index in [4.69, 9.17) is 15.7 Å². The van der Waals surface area contributed by atoms with Gasteiger partial charge in [0.05, 0.1) is 6.61 Å². The van der Waals surface area contributed by atoms with Crippen LogP contribution in [0.2, 0.25) is 0 Å². The summed E-state index contributed by atoms with van der Waals surface area (Å²) >= 11 is 0. The van der Waals surface area contributed by atoms with Crippen LogP contribution in [0.1, 0.15) is 24.0 Å². The first-order chi connectivity index (χ1) is 13.7. The third-order valence-electron chi connectivity index (χ3n) is 5.74. The second kappa shape index (κ2) is 11.1. The molecule has 4 rings (SSSR count). The zero-order chi connectivity index (χ0) is 19.3. The molecule has 0 bridgehead atoms. The first-order valence-corrected chi connectivity index (χ1v) is 9.85. The Bertz CT molecular complexity index is 829. The number of hydrogen-bond acceptors (Lipinski definition) is 5. The van der Waals surface area contributed by atoms with E-state index in [1.807, 2.05) is 17.3 Å². The molecule has 1 fully saturated rings. The largest absolute Gasteiger partial charge is 0.493 e. The number of hydrogen-bond donors (Lipinski definition) is 2. The van der Waals surface area contributed by atoms with Crippen LogP contribution in [0.4, 0.5) is 5.69 Å². The molecule has 2 aromatic rings. The summed E-state index contributed by atoms with van der Waals surface area (Å²) in [6.45, 7) is 4.26. The van der Waals surface area contributed by atoms with Crippen molar-refractivity contribution in [3.8, 4) is 5.75 Å². The predicted octanol–water partition coefficient (Wildman–Crippen LogP) is 3.28. The minimum atomic E-state index is 0. The number of ether oxygens (including phenoxy) is 1. The van der Waals surface area contributed by atoms with Gasteiger partial charge in [0, 0.05) is 44.3 Å². The van der Waals surface area contributed by atoms with Crippen molar-refractivity contribution in [1.82, 2.24) is 9.88 Å². The summed E-state index contributed by atoms with van der Waals surface area (Å²) in [5.74, 6) is 1.64. The normalized spacial score (nSPS) is 16.9. The van der Waals surface area contributed by atoms with Crippen LogP contribution >= 0.6 is 24.8 Å². The van der Waals surface area contributed by atoms with E-state index in [9.17, 15) is 0 Å². The number of anilines is 1. The monoisotopic (exact) mass is 453 g/mol. The molecule has 0 saturated carbocycles. The number of nitrogens with zero attached hydrogens (tertiary/aromatic N) is 4. The number of rotatable bonds is 4. The number of nitrogens with two attached hydrogens (primary N) is 1. The van der Waals surface area contributed by atoms with Gasteiger partial charge in [0.1, 0.15) is 5.75 Å². The van der Waals surface area contributed by atoms with Crippen molar-refractivity contribution in [2.45, 2.75) is 25.8 Å². The fourth-order valence-corrected chi connectivity index (χ4v) is 4.01. The number of guanidine groups is 1. The van der Waals surface area contributed by atoms with Crippen molar-refractivity contribution in [2.75, 3.05) is 31.1 Å². The van der Waals surface area contributed by atoms with E-state index < -0.39 is 0 Å². The summed E-state index contributed by atoms with van der Waals surface area (Å²) in [6.07, 6.45) is 6.85. The highest BCUT2D eigenvalue weighted by molar-refractivity contribution is 5.85. The molecule has 3 N–H and O–H groups in total. The molecule has 0 amide bonds. The van der Waals surface area contributed by atoms with E-state index >= 15 is 0 Å². The van der Waals surface area contributed by atoms with Crippen molar-refractivity contribution in [2.24, 2.45) is 16.8 Å². The Balaban J connectivity index is 0.00000160. The van der Waals surface area contributed by atoms with Crippen molar-refractivity contribution < 1.29 is 9.94 Å². The van der Waals surface area contributed by atoms with Crippen molar-refractivity contribution in [3.05, 3.63) is 53.9 Å². The molecule has 9 heteroatoms. The highest BCUT2D eigenvalue weighted by atomic mass is 35.5. The van der Waals surface area contributed by atoms with Gasteiger partial charge in [0.15, 0.2) is 0 Å². The number of halogens is 2. The van der Waals surface area contributed by atoms with E-state index in [0.29, 0.717) is 12.5 Å². The Morgan fingerprint density at radius 2 is 1.83 bits per heavy atom. The number of benzene rings is 1. The predicted molar refractivity (Wildman–Crippen MR) is 123 cm³/mol. The zero-order valence-corrected chi connectivity index (χ0v) is 18.4. The second-order valence-corrected chi connectivity index (χ2v) is 7.51. The molecular formula is C21H29Cl2N5O2. The molecule has 2 aliphatic rings. The van der Waals surface area contributed by atoms with Crippen molar-refractivity contribution >= 4 is 36.5 Å². The standard InChI is InChI=1S/C21H27N5O2.2ClH/c22-21(24-27)26-12-7-17-1-2-20(13-18(17)14-26)28-15-16-5-10-25(11-6-16)19-3-8-23-9-4-19;;/h1-4,8-9,13,16,27H,5-7,10-12,14-15H2,(H2,22,24);2*1H. The lowest BCUT2D eigenvalue weighted by Gasteiger charge is -2.33. The molecule has 1 aromatic carbocycles. The number of aromatic nitrogens is 1. The van der Waals surface area contributed by atoms with E-state index in [0.717, 1.165) is 51.3 Å². The van der Waals surface area contributed by atoms with Gasteiger partial charge in [-0.15, -0.1) is 24.8 Å². The van der Waals surface area contributed by atoms with Crippen LogP contribution in [0.15, 0.2) is 47.9 Å². The molecule has 0 spiro atoms. The van der Waals surface area contributed by atoms with Crippen LogP contribution in [0, 0.1) is 5.92 Å². The number of oxime groups is 1. The van der Waals surface area contributed by atoms with E-state index in [1.54, 1.807) is 0 Å². The zero-order valence-electron chi connectivity index (χ0n) is 16.8. The fourth-order valence-electron chi connectivity index (χ4n) is 4.01. The lowest BCUT2D eigenvalue weighted by Crippen LogP contribution is -2.40. The summed E-state index contributed by atoms with van der Waals surface area (Å²) in [5, 5.41) is 12.0. The van der Waals surface area contributed by atoms with Crippen LogP contribution in [0.3, 0.4) is 0 Å². The molecule has 0 aliphatic carbocycles. The Labute approximate surface area is 189 Å². The maximum atomic E-state index is 8.90. The highest BCUT2D eigenvalue weighted by Gasteiger charge is 2.21. The molecular weight excluding hydrogens is 425 g/mol. The molecule has 3 heterocycles. The molecule has 1 saturated heterocycles. The van der Waals surface area contributed by atoms with Gasteiger partial charge in [0.2, 0.25) is 5.96 Å². The minimum absolute atomic E-state index is 0. The van der Waals surface area contributed by atoms with Crippen LogP contribution < -0.4 is 15.4 Å². The summed E-state index contributed by atoms with van der Waals surface area (Å²) in [6, 6.07) is 10.4. The van der Waals surface area contributed by atoms with E-state index in [-0.39, 0.29) is 30.8 Å². The number of piperidine rings is 1. The van der Waals surface area contributed by atoms with Gasteiger partial charge in [-0.05, 0) is 60.6 Å². The van der Waals surface area contributed by atoms with Crippen LogP contribution in [0.25, 0.3) is 0 Å². The lowest BCUT2D eigenvalue weighted by molar-refractivity contribution is 0.222. The molecule has 0 unspecified atom stereocenters. The highest BCUT2D eigenvalue weighted by Crippen LogP contribution is 2.26. The smallest absolute Gasteiger partial charge is 0.233 e. The Morgan fingerprint density at radius 3 is 2.53 bits per heavy atom. The van der Waals surface area contributed by atoms with Gasteiger partial charge in [-0.2, -0.15) is 0 Å². The first-order valence-electron chi connectivity index (χ1n) is 9.85. The number of pyridine rings is 1. The SMILES string of the molecule is Cl.Cl.NC(=NO)N1CCc2ccc(OCC3CCN(c4ccncc4)CC3)cc2C1. The Hall–Kier alpha value is -2.38.